The Morgan fingerprint density at radius 2 is 1.38 bits per heavy atom. The van der Waals surface area contributed by atoms with Crippen LogP contribution in [0.4, 0.5) is 0 Å². The summed E-state index contributed by atoms with van der Waals surface area (Å²) in [6.07, 6.45) is -0.334. The molecular formula is C17H16O4. The van der Waals surface area contributed by atoms with Gasteiger partial charge in [-0.2, -0.15) is 0 Å². The van der Waals surface area contributed by atoms with Crippen LogP contribution in [0.15, 0.2) is 54.6 Å². The van der Waals surface area contributed by atoms with Gasteiger partial charge in [0, 0.05) is 0 Å². The van der Waals surface area contributed by atoms with Crippen molar-refractivity contribution in [2.45, 2.75) is 13.0 Å². The lowest BCUT2D eigenvalue weighted by Crippen LogP contribution is -2.10. The SMILES string of the molecule is COC(=O)c1ccc(C(=O)OC(C)c2ccccc2)cc1. The molecule has 108 valence electrons. The summed E-state index contributed by atoms with van der Waals surface area (Å²) in [6, 6.07) is 15.7. The second-order valence-electron chi connectivity index (χ2n) is 4.53. The van der Waals surface area contributed by atoms with Crippen molar-refractivity contribution >= 4 is 11.9 Å². The fourth-order valence-electron chi connectivity index (χ4n) is 1.88. The Hall–Kier alpha value is -2.62. The van der Waals surface area contributed by atoms with Crippen LogP contribution in [0.5, 0.6) is 0 Å². The fourth-order valence-corrected chi connectivity index (χ4v) is 1.88. The summed E-state index contributed by atoms with van der Waals surface area (Å²) in [6.45, 7) is 1.82. The third-order valence-electron chi connectivity index (χ3n) is 3.09. The minimum atomic E-state index is -0.437. The molecule has 0 saturated carbocycles. The van der Waals surface area contributed by atoms with Gasteiger partial charge in [-0.3, -0.25) is 0 Å². The molecule has 2 aromatic carbocycles. The second-order valence-corrected chi connectivity index (χ2v) is 4.53. The van der Waals surface area contributed by atoms with Gasteiger partial charge >= 0.3 is 11.9 Å². The number of hydrogen-bond acceptors (Lipinski definition) is 4. The van der Waals surface area contributed by atoms with Crippen molar-refractivity contribution in [3.63, 3.8) is 0 Å². The first-order valence-electron chi connectivity index (χ1n) is 6.56. The highest BCUT2D eigenvalue weighted by Crippen LogP contribution is 2.18. The van der Waals surface area contributed by atoms with Crippen molar-refractivity contribution < 1.29 is 19.1 Å². The summed E-state index contributed by atoms with van der Waals surface area (Å²) in [5.74, 6) is -0.865. The first-order valence-corrected chi connectivity index (χ1v) is 6.56. The van der Waals surface area contributed by atoms with Gasteiger partial charge in [-0.25, -0.2) is 9.59 Å². The molecule has 0 aromatic heterocycles. The zero-order valence-electron chi connectivity index (χ0n) is 11.9. The molecule has 0 bridgehead atoms. The van der Waals surface area contributed by atoms with Crippen LogP contribution in [0, 0.1) is 0 Å². The number of rotatable bonds is 4. The Morgan fingerprint density at radius 3 is 1.90 bits per heavy atom. The first-order chi connectivity index (χ1) is 10.1. The topological polar surface area (TPSA) is 52.6 Å². The van der Waals surface area contributed by atoms with E-state index in [9.17, 15) is 9.59 Å². The van der Waals surface area contributed by atoms with Gasteiger partial charge in [0.15, 0.2) is 0 Å². The molecule has 0 saturated heterocycles. The second kappa shape index (κ2) is 6.70. The predicted octanol–water partition coefficient (Wildman–Crippen LogP) is 3.39. The lowest BCUT2D eigenvalue weighted by atomic mass is 10.1. The molecule has 0 N–H and O–H groups in total. The van der Waals surface area contributed by atoms with Gasteiger partial charge in [0.25, 0.3) is 0 Å². The Bertz CT molecular complexity index is 617. The van der Waals surface area contributed by atoms with Gasteiger partial charge in [0.1, 0.15) is 6.10 Å². The van der Waals surface area contributed by atoms with E-state index in [2.05, 4.69) is 4.74 Å². The van der Waals surface area contributed by atoms with Crippen LogP contribution < -0.4 is 0 Å². The quantitative estimate of drug-likeness (QED) is 0.807. The number of carbonyl (C=O) groups is 2. The van der Waals surface area contributed by atoms with Crippen molar-refractivity contribution in [2.24, 2.45) is 0 Å². The van der Waals surface area contributed by atoms with E-state index in [-0.39, 0.29) is 6.10 Å². The average molecular weight is 284 g/mol. The van der Waals surface area contributed by atoms with Gasteiger partial charge in [-0.1, -0.05) is 30.3 Å². The van der Waals surface area contributed by atoms with Crippen LogP contribution >= 0.6 is 0 Å². The molecule has 2 rings (SSSR count). The highest BCUT2D eigenvalue weighted by atomic mass is 16.5. The summed E-state index contributed by atoms with van der Waals surface area (Å²) in [4.78, 5) is 23.4. The van der Waals surface area contributed by atoms with E-state index in [4.69, 9.17) is 4.74 Å². The molecule has 2 aromatic rings. The maximum Gasteiger partial charge on any atom is 0.338 e. The molecule has 0 amide bonds. The number of carbonyl (C=O) groups excluding carboxylic acids is 2. The Morgan fingerprint density at radius 1 is 0.857 bits per heavy atom. The van der Waals surface area contributed by atoms with Crippen molar-refractivity contribution in [3.8, 4) is 0 Å². The Balaban J connectivity index is 2.05. The summed E-state index contributed by atoms with van der Waals surface area (Å²) < 4.78 is 10.00. The minimum absolute atomic E-state index is 0.334. The summed E-state index contributed by atoms with van der Waals surface area (Å²) in [7, 11) is 1.31. The van der Waals surface area contributed by atoms with Crippen molar-refractivity contribution in [1.82, 2.24) is 0 Å². The van der Waals surface area contributed by atoms with Crippen molar-refractivity contribution in [1.29, 1.82) is 0 Å². The molecule has 0 spiro atoms. The molecule has 0 heterocycles. The van der Waals surface area contributed by atoms with Gasteiger partial charge in [-0.15, -0.1) is 0 Å². The predicted molar refractivity (Wildman–Crippen MR) is 78.1 cm³/mol. The summed E-state index contributed by atoms with van der Waals surface area (Å²) in [5.41, 5.74) is 1.72. The van der Waals surface area contributed by atoms with Crippen LogP contribution in [0.1, 0.15) is 39.3 Å². The van der Waals surface area contributed by atoms with Crippen LogP contribution in [0.2, 0.25) is 0 Å². The molecule has 4 heteroatoms. The fraction of sp³-hybridized carbons (Fsp3) is 0.176. The van der Waals surface area contributed by atoms with Crippen LogP contribution in [-0.2, 0) is 9.47 Å². The smallest absolute Gasteiger partial charge is 0.338 e. The van der Waals surface area contributed by atoms with E-state index in [0.29, 0.717) is 11.1 Å². The van der Waals surface area contributed by atoms with E-state index >= 15 is 0 Å². The van der Waals surface area contributed by atoms with E-state index in [1.54, 1.807) is 12.1 Å². The number of hydrogen-bond donors (Lipinski definition) is 0. The lowest BCUT2D eigenvalue weighted by molar-refractivity contribution is 0.0337. The normalized spacial score (nSPS) is 11.5. The van der Waals surface area contributed by atoms with E-state index in [0.717, 1.165) is 5.56 Å². The molecule has 0 aliphatic rings. The van der Waals surface area contributed by atoms with E-state index < -0.39 is 11.9 Å². The molecule has 0 aliphatic carbocycles. The summed E-state index contributed by atoms with van der Waals surface area (Å²) >= 11 is 0. The molecule has 1 unspecified atom stereocenters. The van der Waals surface area contributed by atoms with Gasteiger partial charge in [0.05, 0.1) is 18.2 Å². The largest absolute Gasteiger partial charge is 0.465 e. The molecular weight excluding hydrogens is 268 g/mol. The Labute approximate surface area is 123 Å². The van der Waals surface area contributed by atoms with Gasteiger partial charge in [-0.05, 0) is 36.8 Å². The number of ether oxygens (including phenoxy) is 2. The highest BCUT2D eigenvalue weighted by molar-refractivity contribution is 5.93. The van der Waals surface area contributed by atoms with Gasteiger partial charge in [0.2, 0.25) is 0 Å². The molecule has 0 radical (unpaired) electrons. The third kappa shape index (κ3) is 3.69. The highest BCUT2D eigenvalue weighted by Gasteiger charge is 2.14. The zero-order chi connectivity index (χ0) is 15.2. The van der Waals surface area contributed by atoms with Crippen molar-refractivity contribution in [2.75, 3.05) is 7.11 Å². The number of benzene rings is 2. The molecule has 0 aliphatic heterocycles. The molecule has 0 fully saturated rings. The lowest BCUT2D eigenvalue weighted by Gasteiger charge is -2.13. The van der Waals surface area contributed by atoms with E-state index in [1.807, 2.05) is 37.3 Å². The molecule has 1 atom stereocenters. The van der Waals surface area contributed by atoms with Crippen LogP contribution in [-0.4, -0.2) is 19.0 Å². The zero-order valence-corrected chi connectivity index (χ0v) is 11.9. The van der Waals surface area contributed by atoms with E-state index in [1.165, 1.54) is 19.2 Å². The number of methoxy groups -OCH3 is 1. The third-order valence-corrected chi connectivity index (χ3v) is 3.09. The maximum absolute atomic E-state index is 12.0. The average Bonchev–Trinajstić information content (AvgIpc) is 2.55. The monoisotopic (exact) mass is 284 g/mol. The summed E-state index contributed by atoms with van der Waals surface area (Å²) in [5, 5.41) is 0. The van der Waals surface area contributed by atoms with Crippen LogP contribution in [0.3, 0.4) is 0 Å². The molecule has 4 nitrogen and oxygen atoms in total. The maximum atomic E-state index is 12.0. The molecule has 21 heavy (non-hydrogen) atoms. The minimum Gasteiger partial charge on any atom is -0.465 e. The van der Waals surface area contributed by atoms with Gasteiger partial charge < -0.3 is 9.47 Å². The number of esters is 2. The first kappa shape index (κ1) is 14.8. The standard InChI is InChI=1S/C17H16O4/c1-12(13-6-4-3-5-7-13)21-17(19)15-10-8-14(9-11-15)16(18)20-2/h3-12H,1-2H3. The van der Waals surface area contributed by atoms with Crippen molar-refractivity contribution in [3.05, 3.63) is 71.3 Å². The Kier molecular flexibility index (Phi) is 4.72. The van der Waals surface area contributed by atoms with Crippen LogP contribution in [0.25, 0.3) is 0 Å².